The van der Waals surface area contributed by atoms with Gasteiger partial charge in [-0.15, -0.1) is 0 Å². The molecule has 0 saturated heterocycles. The van der Waals surface area contributed by atoms with Gasteiger partial charge in [-0.25, -0.2) is 0 Å². The molecule has 1 aromatic rings. The van der Waals surface area contributed by atoms with E-state index in [0.29, 0.717) is 24.0 Å². The number of hydrogen-bond donors (Lipinski definition) is 1. The fourth-order valence-electron chi connectivity index (χ4n) is 2.44. The van der Waals surface area contributed by atoms with Crippen LogP contribution < -0.4 is 14.8 Å². The number of rotatable bonds is 12. The zero-order valence-corrected chi connectivity index (χ0v) is 15.7. The minimum atomic E-state index is 0.597. The second kappa shape index (κ2) is 11.5. The summed E-state index contributed by atoms with van der Waals surface area (Å²) >= 11 is 6.36. The molecule has 1 N–H and O–H groups in total. The predicted octanol–water partition coefficient (Wildman–Crippen LogP) is 3.96. The SMILES string of the molecule is CCOc1cc(Cl)c(CNCCCN(CC)CC)cc1OCC. The molecule has 0 heterocycles. The van der Waals surface area contributed by atoms with Gasteiger partial charge >= 0.3 is 0 Å². The Morgan fingerprint density at radius 2 is 1.61 bits per heavy atom. The van der Waals surface area contributed by atoms with E-state index in [4.69, 9.17) is 21.1 Å². The van der Waals surface area contributed by atoms with E-state index >= 15 is 0 Å². The van der Waals surface area contributed by atoms with Crippen LogP contribution in [-0.4, -0.2) is 44.3 Å². The summed E-state index contributed by atoms with van der Waals surface area (Å²) in [6.07, 6.45) is 1.13. The maximum Gasteiger partial charge on any atom is 0.162 e. The molecule has 132 valence electrons. The Hall–Kier alpha value is -0.970. The fraction of sp³-hybridized carbons (Fsp3) is 0.667. The monoisotopic (exact) mass is 342 g/mol. The number of nitrogens with zero attached hydrogens (tertiary/aromatic N) is 1. The molecule has 0 unspecified atom stereocenters. The van der Waals surface area contributed by atoms with Crippen molar-refractivity contribution in [3.8, 4) is 11.5 Å². The first kappa shape index (κ1) is 20.1. The summed E-state index contributed by atoms with van der Waals surface area (Å²) in [5.74, 6) is 1.48. The molecule has 1 rings (SSSR count). The van der Waals surface area contributed by atoms with E-state index in [9.17, 15) is 0 Å². The Morgan fingerprint density at radius 3 is 2.17 bits per heavy atom. The first-order chi connectivity index (χ1) is 11.2. The highest BCUT2D eigenvalue weighted by Crippen LogP contribution is 2.33. The normalized spacial score (nSPS) is 11.0. The van der Waals surface area contributed by atoms with Crippen LogP contribution in [0.3, 0.4) is 0 Å². The Kier molecular flexibility index (Phi) is 10.1. The Labute approximate surface area is 146 Å². The molecule has 0 aliphatic carbocycles. The molecule has 0 aliphatic rings. The third-order valence-electron chi connectivity index (χ3n) is 3.75. The van der Waals surface area contributed by atoms with Crippen molar-refractivity contribution < 1.29 is 9.47 Å². The summed E-state index contributed by atoms with van der Waals surface area (Å²) in [5, 5.41) is 4.18. The van der Waals surface area contributed by atoms with E-state index in [1.807, 2.05) is 26.0 Å². The second-order valence-corrected chi connectivity index (χ2v) is 5.72. The Morgan fingerprint density at radius 1 is 1.00 bits per heavy atom. The van der Waals surface area contributed by atoms with Gasteiger partial charge in [-0.1, -0.05) is 25.4 Å². The van der Waals surface area contributed by atoms with Crippen molar-refractivity contribution in [2.45, 2.75) is 40.7 Å². The first-order valence-corrected chi connectivity index (χ1v) is 9.05. The van der Waals surface area contributed by atoms with Crippen molar-refractivity contribution in [2.75, 3.05) is 39.4 Å². The van der Waals surface area contributed by atoms with Crippen LogP contribution >= 0.6 is 11.6 Å². The lowest BCUT2D eigenvalue weighted by Gasteiger charge is -2.18. The van der Waals surface area contributed by atoms with E-state index in [2.05, 4.69) is 24.1 Å². The van der Waals surface area contributed by atoms with Gasteiger partial charge < -0.3 is 19.7 Å². The van der Waals surface area contributed by atoms with Crippen LogP contribution in [0.4, 0.5) is 0 Å². The van der Waals surface area contributed by atoms with Crippen LogP contribution in [0.2, 0.25) is 5.02 Å². The lowest BCUT2D eigenvalue weighted by Crippen LogP contribution is -2.27. The Balaban J connectivity index is 2.54. The smallest absolute Gasteiger partial charge is 0.162 e. The topological polar surface area (TPSA) is 33.7 Å². The standard InChI is InChI=1S/C18H31ClN2O2/c1-5-21(6-2)11-9-10-20-14-15-12-17(22-7-3)18(23-8-4)13-16(15)19/h12-13,20H,5-11,14H2,1-4H3. The molecule has 0 radical (unpaired) electrons. The third-order valence-corrected chi connectivity index (χ3v) is 4.10. The summed E-state index contributed by atoms with van der Waals surface area (Å²) in [6.45, 7) is 14.6. The highest BCUT2D eigenvalue weighted by atomic mass is 35.5. The molecular weight excluding hydrogens is 312 g/mol. The molecule has 5 heteroatoms. The van der Waals surface area contributed by atoms with Gasteiger partial charge in [0.25, 0.3) is 0 Å². The number of hydrogen-bond acceptors (Lipinski definition) is 4. The number of benzene rings is 1. The van der Waals surface area contributed by atoms with Crippen LogP contribution in [0.25, 0.3) is 0 Å². The molecule has 4 nitrogen and oxygen atoms in total. The lowest BCUT2D eigenvalue weighted by atomic mass is 10.2. The molecule has 0 amide bonds. The zero-order valence-electron chi connectivity index (χ0n) is 15.0. The van der Waals surface area contributed by atoms with Gasteiger partial charge in [0.05, 0.1) is 13.2 Å². The van der Waals surface area contributed by atoms with Gasteiger partial charge in [-0.2, -0.15) is 0 Å². The largest absolute Gasteiger partial charge is 0.490 e. The summed E-state index contributed by atoms with van der Waals surface area (Å²) < 4.78 is 11.2. The van der Waals surface area contributed by atoms with Crippen LogP contribution in [0.5, 0.6) is 11.5 Å². The van der Waals surface area contributed by atoms with Gasteiger partial charge in [0.15, 0.2) is 11.5 Å². The second-order valence-electron chi connectivity index (χ2n) is 5.31. The van der Waals surface area contributed by atoms with Crippen molar-refractivity contribution in [3.05, 3.63) is 22.7 Å². The fourth-order valence-corrected chi connectivity index (χ4v) is 2.66. The molecule has 0 saturated carbocycles. The molecule has 0 spiro atoms. The van der Waals surface area contributed by atoms with Crippen LogP contribution in [0.1, 0.15) is 39.7 Å². The minimum Gasteiger partial charge on any atom is -0.490 e. The van der Waals surface area contributed by atoms with Crippen molar-refractivity contribution in [3.63, 3.8) is 0 Å². The van der Waals surface area contributed by atoms with E-state index in [-0.39, 0.29) is 0 Å². The number of ether oxygens (including phenoxy) is 2. The van der Waals surface area contributed by atoms with E-state index in [0.717, 1.165) is 50.5 Å². The molecular formula is C18H31ClN2O2. The van der Waals surface area contributed by atoms with Crippen LogP contribution in [0.15, 0.2) is 12.1 Å². The van der Waals surface area contributed by atoms with Crippen molar-refractivity contribution in [1.29, 1.82) is 0 Å². The zero-order chi connectivity index (χ0) is 17.1. The lowest BCUT2D eigenvalue weighted by molar-refractivity contribution is 0.287. The van der Waals surface area contributed by atoms with Gasteiger partial charge in [0.1, 0.15) is 0 Å². The van der Waals surface area contributed by atoms with Crippen LogP contribution in [0, 0.1) is 0 Å². The summed E-state index contributed by atoms with van der Waals surface area (Å²) in [7, 11) is 0. The Bertz CT molecular complexity index is 451. The van der Waals surface area contributed by atoms with Gasteiger partial charge in [0, 0.05) is 17.6 Å². The maximum absolute atomic E-state index is 6.36. The first-order valence-electron chi connectivity index (χ1n) is 8.67. The van der Waals surface area contributed by atoms with Gasteiger partial charge in [-0.3, -0.25) is 0 Å². The molecule has 23 heavy (non-hydrogen) atoms. The van der Waals surface area contributed by atoms with Crippen molar-refractivity contribution in [1.82, 2.24) is 10.2 Å². The molecule has 0 aliphatic heterocycles. The average molecular weight is 343 g/mol. The van der Waals surface area contributed by atoms with E-state index in [1.165, 1.54) is 0 Å². The van der Waals surface area contributed by atoms with Crippen LogP contribution in [-0.2, 0) is 6.54 Å². The maximum atomic E-state index is 6.36. The molecule has 0 atom stereocenters. The average Bonchev–Trinajstić information content (AvgIpc) is 2.55. The molecule has 0 fully saturated rings. The van der Waals surface area contributed by atoms with E-state index < -0.39 is 0 Å². The van der Waals surface area contributed by atoms with Gasteiger partial charge in [0.2, 0.25) is 0 Å². The highest BCUT2D eigenvalue weighted by molar-refractivity contribution is 6.31. The van der Waals surface area contributed by atoms with Gasteiger partial charge in [-0.05, 0) is 58.1 Å². The van der Waals surface area contributed by atoms with Crippen molar-refractivity contribution >= 4 is 11.6 Å². The predicted molar refractivity (Wildman–Crippen MR) is 97.9 cm³/mol. The number of halogens is 1. The van der Waals surface area contributed by atoms with E-state index in [1.54, 1.807) is 0 Å². The molecule has 0 bridgehead atoms. The minimum absolute atomic E-state index is 0.597. The summed E-state index contributed by atoms with van der Waals surface area (Å²) in [4.78, 5) is 2.43. The number of nitrogens with one attached hydrogen (secondary N) is 1. The van der Waals surface area contributed by atoms with Crippen molar-refractivity contribution in [2.24, 2.45) is 0 Å². The summed E-state index contributed by atoms with van der Waals surface area (Å²) in [6, 6.07) is 3.83. The third kappa shape index (κ3) is 6.98. The quantitative estimate of drug-likeness (QED) is 0.583. The molecule has 0 aromatic heterocycles. The highest BCUT2D eigenvalue weighted by Gasteiger charge is 2.10. The summed E-state index contributed by atoms with van der Waals surface area (Å²) in [5.41, 5.74) is 1.04. The molecule has 1 aromatic carbocycles.